The largest absolute Gasteiger partial charge is 0.497 e. The van der Waals surface area contributed by atoms with Gasteiger partial charge in [0.25, 0.3) is 0 Å². The van der Waals surface area contributed by atoms with Gasteiger partial charge in [0.1, 0.15) is 24.2 Å². The first-order valence-corrected chi connectivity index (χ1v) is 8.22. The molecule has 0 aliphatic rings. The Morgan fingerprint density at radius 3 is 2.24 bits per heavy atom. The van der Waals surface area contributed by atoms with Crippen LogP contribution in [0.3, 0.4) is 0 Å². The number of ether oxygens (including phenoxy) is 2. The van der Waals surface area contributed by atoms with Crippen molar-refractivity contribution in [1.82, 2.24) is 5.32 Å². The van der Waals surface area contributed by atoms with Crippen LogP contribution < -0.4 is 14.8 Å². The van der Waals surface area contributed by atoms with Crippen molar-refractivity contribution in [3.05, 3.63) is 60.2 Å². The summed E-state index contributed by atoms with van der Waals surface area (Å²) in [4.78, 5) is 0. The number of hydrogen-bond donors (Lipinski definition) is 2. The van der Waals surface area contributed by atoms with E-state index in [2.05, 4.69) is 31.3 Å². The van der Waals surface area contributed by atoms with E-state index in [0.29, 0.717) is 6.54 Å². The molecular weight excluding hydrogens is 338 g/mol. The molecule has 0 amide bonds. The van der Waals surface area contributed by atoms with E-state index in [1.54, 1.807) is 7.11 Å². The molecule has 138 valence electrons. The lowest BCUT2D eigenvalue weighted by Crippen LogP contribution is -2.46. The molecule has 0 unspecified atom stereocenters. The summed E-state index contributed by atoms with van der Waals surface area (Å²) in [5.74, 6) is 1.63. The van der Waals surface area contributed by atoms with Crippen molar-refractivity contribution in [2.75, 3.05) is 20.3 Å². The van der Waals surface area contributed by atoms with E-state index < -0.39 is 6.10 Å². The molecule has 0 aliphatic carbocycles. The molecule has 4 nitrogen and oxygen atoms in total. The van der Waals surface area contributed by atoms with Crippen molar-refractivity contribution in [1.29, 1.82) is 0 Å². The van der Waals surface area contributed by atoms with Gasteiger partial charge in [-0.25, -0.2) is 0 Å². The Balaban J connectivity index is 0.00000312. The Labute approximate surface area is 156 Å². The van der Waals surface area contributed by atoms with Crippen LogP contribution in [-0.2, 0) is 6.42 Å². The quantitative estimate of drug-likeness (QED) is 0.714. The molecule has 2 N–H and O–H groups in total. The summed E-state index contributed by atoms with van der Waals surface area (Å²) in [6.45, 7) is 5.01. The molecule has 0 radical (unpaired) electrons. The average molecular weight is 366 g/mol. The van der Waals surface area contributed by atoms with Gasteiger partial charge in [0.2, 0.25) is 0 Å². The molecule has 0 saturated heterocycles. The summed E-state index contributed by atoms with van der Waals surface area (Å²) in [6.07, 6.45) is 0.309. The van der Waals surface area contributed by atoms with Crippen LogP contribution in [-0.4, -0.2) is 37.0 Å². The van der Waals surface area contributed by atoms with Crippen LogP contribution in [0.5, 0.6) is 11.5 Å². The van der Waals surface area contributed by atoms with Gasteiger partial charge in [0, 0.05) is 12.1 Å². The molecule has 2 aromatic carbocycles. The molecule has 25 heavy (non-hydrogen) atoms. The highest BCUT2D eigenvalue weighted by molar-refractivity contribution is 5.85. The molecule has 2 rings (SSSR count). The van der Waals surface area contributed by atoms with Crippen molar-refractivity contribution in [3.8, 4) is 11.5 Å². The Morgan fingerprint density at radius 1 is 1.00 bits per heavy atom. The average Bonchev–Trinajstić information content (AvgIpc) is 2.59. The second-order valence-electron chi connectivity index (χ2n) is 6.57. The number of hydrogen-bond acceptors (Lipinski definition) is 4. The normalized spacial score (nSPS) is 12.2. The van der Waals surface area contributed by atoms with E-state index in [4.69, 9.17) is 9.47 Å². The maximum atomic E-state index is 10.1. The minimum atomic E-state index is -0.555. The predicted molar refractivity (Wildman–Crippen MR) is 104 cm³/mol. The second-order valence-corrected chi connectivity index (χ2v) is 6.57. The van der Waals surface area contributed by atoms with Crippen molar-refractivity contribution < 1.29 is 14.6 Å². The smallest absolute Gasteiger partial charge is 0.119 e. The van der Waals surface area contributed by atoms with Crippen LogP contribution in [0, 0.1) is 0 Å². The highest BCUT2D eigenvalue weighted by Gasteiger charge is 2.19. The Bertz CT molecular complexity index is 602. The third-order valence-electron chi connectivity index (χ3n) is 3.81. The summed E-state index contributed by atoms with van der Waals surface area (Å²) in [5.41, 5.74) is 1.10. The number of halogens is 1. The van der Waals surface area contributed by atoms with Gasteiger partial charge in [0.15, 0.2) is 0 Å². The van der Waals surface area contributed by atoms with Crippen LogP contribution in [0.2, 0.25) is 0 Å². The van der Waals surface area contributed by atoms with Gasteiger partial charge in [-0.3, -0.25) is 0 Å². The molecular formula is C20H28ClNO3. The van der Waals surface area contributed by atoms with Gasteiger partial charge in [-0.2, -0.15) is 0 Å². The summed E-state index contributed by atoms with van der Waals surface area (Å²) in [6, 6.07) is 17.6. The van der Waals surface area contributed by atoms with E-state index in [0.717, 1.165) is 17.9 Å². The second kappa shape index (κ2) is 10.3. The van der Waals surface area contributed by atoms with Gasteiger partial charge >= 0.3 is 0 Å². The zero-order chi connectivity index (χ0) is 17.4. The zero-order valence-electron chi connectivity index (χ0n) is 15.1. The fraction of sp³-hybridized carbons (Fsp3) is 0.400. The number of para-hydroxylation sites is 1. The van der Waals surface area contributed by atoms with Crippen LogP contribution in [0.25, 0.3) is 0 Å². The lowest BCUT2D eigenvalue weighted by molar-refractivity contribution is 0.0988. The molecule has 0 heterocycles. The Kier molecular flexibility index (Phi) is 8.76. The first-order valence-electron chi connectivity index (χ1n) is 8.22. The predicted octanol–water partition coefficient (Wildman–Crippen LogP) is 3.47. The molecule has 0 saturated carbocycles. The van der Waals surface area contributed by atoms with Crippen LogP contribution in [0.4, 0.5) is 0 Å². The number of nitrogens with one attached hydrogen (secondary N) is 1. The van der Waals surface area contributed by atoms with Crippen molar-refractivity contribution in [3.63, 3.8) is 0 Å². The van der Waals surface area contributed by atoms with Gasteiger partial charge < -0.3 is 19.9 Å². The van der Waals surface area contributed by atoms with Crippen LogP contribution in [0.15, 0.2) is 54.6 Å². The molecule has 0 bridgehead atoms. The minimum Gasteiger partial charge on any atom is -0.497 e. The highest BCUT2D eigenvalue weighted by Crippen LogP contribution is 2.17. The molecule has 5 heteroatoms. The third-order valence-corrected chi connectivity index (χ3v) is 3.81. The van der Waals surface area contributed by atoms with Crippen LogP contribution >= 0.6 is 12.4 Å². The molecule has 0 aromatic heterocycles. The zero-order valence-corrected chi connectivity index (χ0v) is 15.9. The molecule has 0 fully saturated rings. The third kappa shape index (κ3) is 7.78. The number of methoxy groups -OCH3 is 1. The number of aliphatic hydroxyl groups excluding tert-OH is 1. The summed E-state index contributed by atoms with van der Waals surface area (Å²) in [7, 11) is 1.67. The lowest BCUT2D eigenvalue weighted by Gasteiger charge is -2.28. The van der Waals surface area contributed by atoms with Crippen molar-refractivity contribution in [2.24, 2.45) is 0 Å². The Morgan fingerprint density at radius 2 is 1.64 bits per heavy atom. The summed E-state index contributed by atoms with van der Waals surface area (Å²) in [5, 5.41) is 13.5. The fourth-order valence-corrected chi connectivity index (χ4v) is 2.48. The van der Waals surface area contributed by atoms with E-state index in [9.17, 15) is 5.11 Å². The van der Waals surface area contributed by atoms with E-state index in [1.165, 1.54) is 5.56 Å². The summed E-state index contributed by atoms with van der Waals surface area (Å²) < 4.78 is 10.8. The fourth-order valence-electron chi connectivity index (χ4n) is 2.48. The van der Waals surface area contributed by atoms with E-state index >= 15 is 0 Å². The van der Waals surface area contributed by atoms with Crippen molar-refractivity contribution in [2.45, 2.75) is 31.9 Å². The number of rotatable bonds is 9. The molecule has 0 aliphatic heterocycles. The monoisotopic (exact) mass is 365 g/mol. The SMILES string of the molecule is COc1ccc(CC(C)(C)NC[C@H](O)COc2ccccc2)cc1.Cl. The molecule has 1 atom stereocenters. The standard InChI is InChI=1S/C20H27NO3.ClH/c1-20(2,13-16-9-11-18(23-3)12-10-16)21-14-17(22)15-24-19-7-5-4-6-8-19;/h4-12,17,21-22H,13-15H2,1-3H3;1H/t17-;/m0./s1. The van der Waals surface area contributed by atoms with Gasteiger partial charge in [0.05, 0.1) is 7.11 Å². The first kappa shape index (κ1) is 21.3. The minimum absolute atomic E-state index is 0. The highest BCUT2D eigenvalue weighted by atomic mass is 35.5. The molecule has 2 aromatic rings. The number of benzene rings is 2. The Hall–Kier alpha value is -1.75. The maximum Gasteiger partial charge on any atom is 0.119 e. The van der Waals surface area contributed by atoms with Crippen LogP contribution in [0.1, 0.15) is 19.4 Å². The lowest BCUT2D eigenvalue weighted by atomic mass is 9.94. The van der Waals surface area contributed by atoms with Crippen molar-refractivity contribution >= 4 is 12.4 Å². The number of β-amino-alcohol motifs (C(OH)–C–C–N with tert-alkyl or cyclic N) is 1. The summed E-state index contributed by atoms with van der Waals surface area (Å²) >= 11 is 0. The van der Waals surface area contributed by atoms with E-state index in [1.807, 2.05) is 42.5 Å². The van der Waals surface area contributed by atoms with E-state index in [-0.39, 0.29) is 24.6 Å². The topological polar surface area (TPSA) is 50.7 Å². The maximum absolute atomic E-state index is 10.1. The van der Waals surface area contributed by atoms with Gasteiger partial charge in [-0.1, -0.05) is 30.3 Å². The molecule has 0 spiro atoms. The van der Waals surface area contributed by atoms with Gasteiger partial charge in [-0.05, 0) is 50.1 Å². The van der Waals surface area contributed by atoms with Gasteiger partial charge in [-0.15, -0.1) is 12.4 Å². The number of aliphatic hydroxyl groups is 1. The first-order chi connectivity index (χ1) is 11.5.